The molecule has 0 aliphatic heterocycles. The van der Waals surface area contributed by atoms with Crippen molar-refractivity contribution in [3.05, 3.63) is 52.2 Å². The number of phenolic OH excluding ortho intramolecular Hbond substituents is 1. The first-order valence-electron chi connectivity index (χ1n) is 7.59. The summed E-state index contributed by atoms with van der Waals surface area (Å²) in [6, 6.07) is 8.62. The van der Waals surface area contributed by atoms with Crippen molar-refractivity contribution in [2.45, 2.75) is 6.42 Å². The fourth-order valence-electron chi connectivity index (χ4n) is 1.98. The van der Waals surface area contributed by atoms with E-state index in [2.05, 4.69) is 5.32 Å². The highest BCUT2D eigenvalue weighted by Crippen LogP contribution is 2.26. The van der Waals surface area contributed by atoms with Crippen molar-refractivity contribution in [1.82, 2.24) is 5.32 Å². The number of carbonyl (C=O) groups excluding carboxylic acids is 2. The van der Waals surface area contributed by atoms with Gasteiger partial charge >= 0.3 is 5.97 Å². The van der Waals surface area contributed by atoms with Crippen LogP contribution >= 0.6 is 11.3 Å². The Bertz CT molecular complexity index is 740. The summed E-state index contributed by atoms with van der Waals surface area (Å²) < 4.78 is 9.86. The van der Waals surface area contributed by atoms with Gasteiger partial charge in [0, 0.05) is 17.5 Å². The van der Waals surface area contributed by atoms with E-state index in [0.717, 1.165) is 6.42 Å². The fourth-order valence-corrected chi connectivity index (χ4v) is 2.69. The maximum atomic E-state index is 11.6. The lowest BCUT2D eigenvalue weighted by Gasteiger charge is -2.05. The molecule has 0 radical (unpaired) electrons. The highest BCUT2D eigenvalue weighted by Gasteiger charge is 2.05. The van der Waals surface area contributed by atoms with E-state index in [9.17, 15) is 14.7 Å². The smallest absolute Gasteiger partial charge is 0.331 e. The Morgan fingerprint density at radius 1 is 1.32 bits per heavy atom. The van der Waals surface area contributed by atoms with Gasteiger partial charge in [0.15, 0.2) is 18.1 Å². The molecular weight excluding hydrogens is 342 g/mol. The Kier molecular flexibility index (Phi) is 7.03. The molecule has 2 N–H and O–H groups in total. The number of thiophene rings is 1. The molecule has 132 valence electrons. The summed E-state index contributed by atoms with van der Waals surface area (Å²) in [6.45, 7) is 0.173. The van der Waals surface area contributed by atoms with Crippen molar-refractivity contribution in [3.63, 3.8) is 0 Å². The lowest BCUT2D eigenvalue weighted by molar-refractivity contribution is -0.143. The number of carbonyl (C=O) groups is 2. The second-order valence-electron chi connectivity index (χ2n) is 5.05. The van der Waals surface area contributed by atoms with Crippen LogP contribution in [0.5, 0.6) is 11.5 Å². The quantitative estimate of drug-likeness (QED) is 0.557. The van der Waals surface area contributed by atoms with Gasteiger partial charge in [0.05, 0.1) is 7.11 Å². The van der Waals surface area contributed by atoms with E-state index < -0.39 is 5.97 Å². The molecule has 2 rings (SSSR count). The monoisotopic (exact) mass is 361 g/mol. The zero-order chi connectivity index (χ0) is 18.1. The molecule has 0 bridgehead atoms. The molecule has 0 atom stereocenters. The minimum absolute atomic E-state index is 0.0152. The lowest BCUT2D eigenvalue weighted by Crippen LogP contribution is -2.30. The molecule has 0 aliphatic rings. The lowest BCUT2D eigenvalue weighted by atomic mass is 10.2. The van der Waals surface area contributed by atoms with Gasteiger partial charge in [0.2, 0.25) is 0 Å². The highest BCUT2D eigenvalue weighted by molar-refractivity contribution is 7.09. The number of benzene rings is 1. The maximum absolute atomic E-state index is 11.6. The Morgan fingerprint density at radius 3 is 2.88 bits per heavy atom. The number of hydrogen-bond acceptors (Lipinski definition) is 6. The molecule has 0 aliphatic carbocycles. The SMILES string of the molecule is COc1cc(/C=C/C(=O)OCC(=O)NCCc2cccs2)ccc1O. The van der Waals surface area contributed by atoms with Crippen molar-refractivity contribution in [2.75, 3.05) is 20.3 Å². The first-order valence-corrected chi connectivity index (χ1v) is 8.47. The summed E-state index contributed by atoms with van der Waals surface area (Å²) in [7, 11) is 1.44. The van der Waals surface area contributed by atoms with Gasteiger partial charge in [-0.25, -0.2) is 4.79 Å². The molecule has 1 aromatic heterocycles. The zero-order valence-electron chi connectivity index (χ0n) is 13.7. The predicted octanol–water partition coefficient (Wildman–Crippen LogP) is 2.38. The van der Waals surface area contributed by atoms with Crippen molar-refractivity contribution < 1.29 is 24.2 Å². The van der Waals surface area contributed by atoms with Crippen molar-refractivity contribution in [1.29, 1.82) is 0 Å². The molecule has 0 fully saturated rings. The third-order valence-electron chi connectivity index (χ3n) is 3.23. The van der Waals surface area contributed by atoms with Crippen LogP contribution in [0.15, 0.2) is 41.8 Å². The molecule has 6 nitrogen and oxygen atoms in total. The molecular formula is C18H19NO5S. The van der Waals surface area contributed by atoms with Crippen LogP contribution in [0.4, 0.5) is 0 Å². The summed E-state index contributed by atoms with van der Waals surface area (Å²) in [4.78, 5) is 24.4. The van der Waals surface area contributed by atoms with Crippen LogP contribution in [0, 0.1) is 0 Å². The van der Waals surface area contributed by atoms with Gasteiger partial charge in [-0.1, -0.05) is 12.1 Å². The number of esters is 1. The molecule has 0 spiro atoms. The van der Waals surface area contributed by atoms with E-state index in [-0.39, 0.29) is 18.3 Å². The normalized spacial score (nSPS) is 10.6. The summed E-state index contributed by atoms with van der Waals surface area (Å²) in [5.41, 5.74) is 0.659. The van der Waals surface area contributed by atoms with Crippen LogP contribution in [-0.2, 0) is 20.7 Å². The zero-order valence-corrected chi connectivity index (χ0v) is 14.5. The first kappa shape index (κ1) is 18.5. The van der Waals surface area contributed by atoms with Gasteiger partial charge in [-0.2, -0.15) is 0 Å². The van der Waals surface area contributed by atoms with Crippen LogP contribution in [-0.4, -0.2) is 37.2 Å². The molecule has 7 heteroatoms. The van der Waals surface area contributed by atoms with E-state index in [4.69, 9.17) is 9.47 Å². The van der Waals surface area contributed by atoms with Crippen LogP contribution in [0.1, 0.15) is 10.4 Å². The van der Waals surface area contributed by atoms with E-state index in [1.54, 1.807) is 23.5 Å². The van der Waals surface area contributed by atoms with Crippen molar-refractivity contribution in [3.8, 4) is 11.5 Å². The second-order valence-corrected chi connectivity index (χ2v) is 6.08. The van der Waals surface area contributed by atoms with Gasteiger partial charge in [-0.15, -0.1) is 11.3 Å². The summed E-state index contributed by atoms with van der Waals surface area (Å²) in [6.07, 6.45) is 3.48. The Balaban J connectivity index is 1.71. The van der Waals surface area contributed by atoms with Crippen molar-refractivity contribution in [2.24, 2.45) is 0 Å². The van der Waals surface area contributed by atoms with Gasteiger partial charge in [0.25, 0.3) is 5.91 Å². The number of rotatable bonds is 8. The van der Waals surface area contributed by atoms with Gasteiger partial charge in [0.1, 0.15) is 0 Å². The number of hydrogen-bond donors (Lipinski definition) is 2. The van der Waals surface area contributed by atoms with Gasteiger partial charge < -0.3 is 19.9 Å². The molecule has 25 heavy (non-hydrogen) atoms. The predicted molar refractivity (Wildman–Crippen MR) is 95.7 cm³/mol. The first-order chi connectivity index (χ1) is 12.1. The second kappa shape index (κ2) is 9.48. The standard InChI is InChI=1S/C18H19NO5S/c1-23-16-11-13(4-6-15(16)20)5-7-18(22)24-12-17(21)19-9-8-14-3-2-10-25-14/h2-7,10-11,20H,8-9,12H2,1H3,(H,19,21)/b7-5+. The molecule has 0 unspecified atom stereocenters. The summed E-state index contributed by atoms with van der Waals surface area (Å²) >= 11 is 1.63. The molecule has 0 saturated heterocycles. The van der Waals surface area contributed by atoms with Crippen LogP contribution in [0.2, 0.25) is 0 Å². The van der Waals surface area contributed by atoms with E-state index in [1.165, 1.54) is 30.2 Å². The average Bonchev–Trinajstić information content (AvgIpc) is 3.12. The maximum Gasteiger partial charge on any atom is 0.331 e. The fraction of sp³-hybridized carbons (Fsp3) is 0.222. The number of methoxy groups -OCH3 is 1. The van der Waals surface area contributed by atoms with Gasteiger partial charge in [-0.3, -0.25) is 4.79 Å². The summed E-state index contributed by atoms with van der Waals surface area (Å²) in [5.74, 6) is -0.646. The van der Waals surface area contributed by atoms with E-state index in [0.29, 0.717) is 17.9 Å². The molecule has 1 amide bonds. The topological polar surface area (TPSA) is 84.9 Å². The Hall–Kier alpha value is -2.80. The molecule has 1 heterocycles. The van der Waals surface area contributed by atoms with E-state index >= 15 is 0 Å². The van der Waals surface area contributed by atoms with Crippen LogP contribution in [0.25, 0.3) is 6.08 Å². The van der Waals surface area contributed by atoms with Gasteiger partial charge in [-0.05, 0) is 41.6 Å². The minimum Gasteiger partial charge on any atom is -0.504 e. The minimum atomic E-state index is -0.625. The molecule has 0 saturated carbocycles. The number of ether oxygens (including phenoxy) is 2. The molecule has 2 aromatic rings. The number of amides is 1. The Morgan fingerprint density at radius 2 is 2.16 bits per heavy atom. The van der Waals surface area contributed by atoms with Crippen LogP contribution < -0.4 is 10.1 Å². The largest absolute Gasteiger partial charge is 0.504 e. The third kappa shape index (κ3) is 6.31. The highest BCUT2D eigenvalue weighted by atomic mass is 32.1. The average molecular weight is 361 g/mol. The van der Waals surface area contributed by atoms with Crippen molar-refractivity contribution >= 4 is 29.3 Å². The molecule has 1 aromatic carbocycles. The number of aromatic hydroxyl groups is 1. The third-order valence-corrected chi connectivity index (χ3v) is 4.17. The van der Waals surface area contributed by atoms with E-state index in [1.807, 2.05) is 17.5 Å². The Labute approximate surface area is 149 Å². The summed E-state index contributed by atoms with van der Waals surface area (Å²) in [5, 5.41) is 14.2. The van der Waals surface area contributed by atoms with Crippen LogP contribution in [0.3, 0.4) is 0 Å². The number of nitrogens with one attached hydrogen (secondary N) is 1. The number of phenols is 1.